The molecule has 1 aromatic carbocycles. The minimum absolute atomic E-state index is 0.0855. The highest BCUT2D eigenvalue weighted by Gasteiger charge is 2.21. The van der Waals surface area contributed by atoms with Gasteiger partial charge in [-0.05, 0) is 30.5 Å². The van der Waals surface area contributed by atoms with Crippen LogP contribution in [0.3, 0.4) is 0 Å². The Balaban J connectivity index is 2.68. The minimum Gasteiger partial charge on any atom is -0.497 e. The van der Waals surface area contributed by atoms with Crippen LogP contribution < -0.4 is 15.8 Å². The topological polar surface area (TPSA) is 64.4 Å². The van der Waals surface area contributed by atoms with Crippen molar-refractivity contribution in [2.45, 2.75) is 39.3 Å². The van der Waals surface area contributed by atoms with E-state index in [1.807, 2.05) is 45.0 Å². The summed E-state index contributed by atoms with van der Waals surface area (Å²) in [4.78, 5) is 12.0. The van der Waals surface area contributed by atoms with Crippen LogP contribution in [0.15, 0.2) is 24.3 Å². The highest BCUT2D eigenvalue weighted by Crippen LogP contribution is 2.19. The molecule has 0 aliphatic carbocycles. The normalized spacial score (nSPS) is 15.4. The quantitative estimate of drug-likeness (QED) is 0.828. The number of carbonyl (C=O) groups is 1. The lowest BCUT2D eigenvalue weighted by Gasteiger charge is -2.21. The van der Waals surface area contributed by atoms with Crippen LogP contribution in [0.25, 0.3) is 0 Å². The molecule has 0 aromatic heterocycles. The molecule has 0 spiro atoms. The van der Waals surface area contributed by atoms with Gasteiger partial charge in [0, 0.05) is 0 Å². The fourth-order valence-corrected chi connectivity index (χ4v) is 1.82. The van der Waals surface area contributed by atoms with E-state index in [9.17, 15) is 4.79 Å². The maximum atomic E-state index is 12.0. The third-order valence-corrected chi connectivity index (χ3v) is 3.51. The minimum atomic E-state index is -0.460. The van der Waals surface area contributed by atoms with Crippen LogP contribution in [0.4, 0.5) is 0 Å². The molecule has 106 valence electrons. The number of nitrogens with one attached hydrogen (secondary N) is 1. The summed E-state index contributed by atoms with van der Waals surface area (Å²) in [5, 5.41) is 2.94. The fraction of sp³-hybridized carbons (Fsp3) is 0.533. The number of benzene rings is 1. The second-order valence-electron chi connectivity index (χ2n) is 4.92. The molecule has 1 rings (SSSR count). The van der Waals surface area contributed by atoms with Gasteiger partial charge in [-0.3, -0.25) is 4.79 Å². The van der Waals surface area contributed by atoms with E-state index in [4.69, 9.17) is 10.5 Å². The number of nitrogens with two attached hydrogens (primary N) is 1. The van der Waals surface area contributed by atoms with Gasteiger partial charge in [0.15, 0.2) is 0 Å². The molecular weight excluding hydrogens is 240 g/mol. The lowest BCUT2D eigenvalue weighted by molar-refractivity contribution is -0.124. The summed E-state index contributed by atoms with van der Waals surface area (Å²) in [5.74, 6) is 0.854. The zero-order valence-corrected chi connectivity index (χ0v) is 12.1. The molecule has 0 bridgehead atoms. The number of amides is 1. The number of methoxy groups -OCH3 is 1. The van der Waals surface area contributed by atoms with Crippen molar-refractivity contribution >= 4 is 5.91 Å². The van der Waals surface area contributed by atoms with Gasteiger partial charge in [-0.1, -0.05) is 32.4 Å². The monoisotopic (exact) mass is 264 g/mol. The molecular formula is C15H24N2O2. The van der Waals surface area contributed by atoms with Crippen molar-refractivity contribution in [2.75, 3.05) is 7.11 Å². The van der Waals surface area contributed by atoms with Gasteiger partial charge in [-0.25, -0.2) is 0 Å². The molecule has 4 heteroatoms. The predicted octanol–water partition coefficient (Wildman–Crippen LogP) is 2.25. The largest absolute Gasteiger partial charge is 0.497 e. The molecule has 0 radical (unpaired) electrons. The standard InChI is InChI=1S/C15H24N2O2/c1-5-10(2)14(16)15(18)17-11(3)12-7-6-8-13(9-12)19-4/h6-11,14H,5,16H2,1-4H3,(H,17,18)/t10?,11-,14+/m1/s1. The molecule has 1 amide bonds. The highest BCUT2D eigenvalue weighted by atomic mass is 16.5. The van der Waals surface area contributed by atoms with Crippen molar-refractivity contribution in [3.8, 4) is 5.75 Å². The molecule has 3 N–H and O–H groups in total. The molecule has 1 aromatic rings. The van der Waals surface area contributed by atoms with Crippen molar-refractivity contribution in [3.63, 3.8) is 0 Å². The van der Waals surface area contributed by atoms with Crippen LogP contribution in [0.5, 0.6) is 5.75 Å². The summed E-state index contributed by atoms with van der Waals surface area (Å²) in [7, 11) is 1.63. The van der Waals surface area contributed by atoms with Gasteiger partial charge in [0.1, 0.15) is 5.75 Å². The number of rotatable bonds is 6. The number of ether oxygens (including phenoxy) is 1. The molecule has 4 nitrogen and oxygen atoms in total. The Bertz CT molecular complexity index is 420. The molecule has 1 unspecified atom stereocenters. The van der Waals surface area contributed by atoms with Crippen LogP contribution in [-0.4, -0.2) is 19.1 Å². The van der Waals surface area contributed by atoms with Crippen LogP contribution in [0.1, 0.15) is 38.8 Å². The number of hydrogen-bond donors (Lipinski definition) is 2. The fourth-order valence-electron chi connectivity index (χ4n) is 1.82. The molecule has 19 heavy (non-hydrogen) atoms. The average molecular weight is 264 g/mol. The first-order valence-electron chi connectivity index (χ1n) is 6.69. The van der Waals surface area contributed by atoms with Crippen molar-refractivity contribution in [1.82, 2.24) is 5.32 Å². The van der Waals surface area contributed by atoms with E-state index in [2.05, 4.69) is 5.32 Å². The third-order valence-electron chi connectivity index (χ3n) is 3.51. The maximum Gasteiger partial charge on any atom is 0.237 e. The van der Waals surface area contributed by atoms with Crippen LogP contribution >= 0.6 is 0 Å². The van der Waals surface area contributed by atoms with Crippen LogP contribution in [0.2, 0.25) is 0 Å². The molecule has 0 aliphatic heterocycles. The van der Waals surface area contributed by atoms with E-state index in [0.29, 0.717) is 0 Å². The molecule has 0 fully saturated rings. The molecule has 3 atom stereocenters. The first kappa shape index (κ1) is 15.5. The predicted molar refractivity (Wildman–Crippen MR) is 77.0 cm³/mol. The summed E-state index contributed by atoms with van der Waals surface area (Å²) in [6.07, 6.45) is 0.891. The van der Waals surface area contributed by atoms with E-state index in [0.717, 1.165) is 17.7 Å². The second-order valence-corrected chi connectivity index (χ2v) is 4.92. The van der Waals surface area contributed by atoms with Crippen molar-refractivity contribution in [1.29, 1.82) is 0 Å². The molecule has 0 saturated heterocycles. The SMILES string of the molecule is CCC(C)[C@H](N)C(=O)N[C@H](C)c1cccc(OC)c1. The van der Waals surface area contributed by atoms with E-state index in [-0.39, 0.29) is 17.9 Å². The zero-order chi connectivity index (χ0) is 14.4. The van der Waals surface area contributed by atoms with Gasteiger partial charge in [0.25, 0.3) is 0 Å². The van der Waals surface area contributed by atoms with E-state index >= 15 is 0 Å². The van der Waals surface area contributed by atoms with Gasteiger partial charge in [-0.2, -0.15) is 0 Å². The Labute approximate surface area is 115 Å². The van der Waals surface area contributed by atoms with Gasteiger partial charge in [-0.15, -0.1) is 0 Å². The van der Waals surface area contributed by atoms with Gasteiger partial charge in [0.2, 0.25) is 5.91 Å². The summed E-state index contributed by atoms with van der Waals surface area (Å²) in [6, 6.07) is 7.12. The summed E-state index contributed by atoms with van der Waals surface area (Å²) >= 11 is 0. The van der Waals surface area contributed by atoms with E-state index in [1.54, 1.807) is 7.11 Å². The zero-order valence-electron chi connectivity index (χ0n) is 12.1. The Morgan fingerprint density at radius 2 is 2.11 bits per heavy atom. The Morgan fingerprint density at radius 3 is 2.68 bits per heavy atom. The summed E-state index contributed by atoms with van der Waals surface area (Å²) in [5.41, 5.74) is 6.92. The van der Waals surface area contributed by atoms with E-state index < -0.39 is 6.04 Å². The van der Waals surface area contributed by atoms with Crippen molar-refractivity contribution < 1.29 is 9.53 Å². The Morgan fingerprint density at radius 1 is 1.42 bits per heavy atom. The van der Waals surface area contributed by atoms with Gasteiger partial charge >= 0.3 is 0 Å². The lowest BCUT2D eigenvalue weighted by atomic mass is 9.98. The molecule has 0 saturated carbocycles. The smallest absolute Gasteiger partial charge is 0.237 e. The Hall–Kier alpha value is -1.55. The summed E-state index contributed by atoms with van der Waals surface area (Å²) in [6.45, 7) is 5.96. The summed E-state index contributed by atoms with van der Waals surface area (Å²) < 4.78 is 5.18. The number of hydrogen-bond acceptors (Lipinski definition) is 3. The first-order chi connectivity index (χ1) is 8.99. The third kappa shape index (κ3) is 4.24. The molecule has 0 aliphatic rings. The first-order valence-corrected chi connectivity index (χ1v) is 6.69. The number of carbonyl (C=O) groups excluding carboxylic acids is 1. The second kappa shape index (κ2) is 7.14. The van der Waals surface area contributed by atoms with Gasteiger partial charge < -0.3 is 15.8 Å². The highest BCUT2D eigenvalue weighted by molar-refractivity contribution is 5.82. The molecule has 0 heterocycles. The van der Waals surface area contributed by atoms with Gasteiger partial charge in [0.05, 0.1) is 19.2 Å². The van der Waals surface area contributed by atoms with Crippen molar-refractivity contribution in [2.24, 2.45) is 11.7 Å². The Kier molecular flexibility index (Phi) is 5.83. The van der Waals surface area contributed by atoms with Crippen LogP contribution in [0, 0.1) is 5.92 Å². The van der Waals surface area contributed by atoms with Crippen LogP contribution in [-0.2, 0) is 4.79 Å². The maximum absolute atomic E-state index is 12.0. The lowest BCUT2D eigenvalue weighted by Crippen LogP contribution is -2.45. The average Bonchev–Trinajstić information content (AvgIpc) is 2.45. The van der Waals surface area contributed by atoms with Crippen molar-refractivity contribution in [3.05, 3.63) is 29.8 Å². The van der Waals surface area contributed by atoms with E-state index in [1.165, 1.54) is 0 Å².